The second kappa shape index (κ2) is 6.92. The van der Waals surface area contributed by atoms with Crippen molar-refractivity contribution in [3.63, 3.8) is 0 Å². The van der Waals surface area contributed by atoms with Crippen molar-refractivity contribution in [2.75, 3.05) is 32.5 Å². The van der Waals surface area contributed by atoms with Gasteiger partial charge in [0.1, 0.15) is 0 Å². The molecule has 1 N–H and O–H groups in total. The van der Waals surface area contributed by atoms with Crippen LogP contribution < -0.4 is 5.32 Å². The first-order valence-electron chi connectivity index (χ1n) is 5.97. The van der Waals surface area contributed by atoms with Crippen molar-refractivity contribution in [3.05, 3.63) is 23.8 Å². The SMILES string of the molecule is CCc1cccc2sc(NCCN(C)C)nc12.Cl. The molecule has 0 saturated heterocycles. The highest BCUT2D eigenvalue weighted by Gasteiger charge is 2.06. The minimum absolute atomic E-state index is 0. The molecule has 1 aromatic carbocycles. The summed E-state index contributed by atoms with van der Waals surface area (Å²) in [5, 5.41) is 4.41. The Morgan fingerprint density at radius 1 is 1.33 bits per heavy atom. The number of benzene rings is 1. The maximum absolute atomic E-state index is 4.67. The fraction of sp³-hybridized carbons (Fsp3) is 0.462. The zero-order valence-corrected chi connectivity index (χ0v) is 12.7. The van der Waals surface area contributed by atoms with Crippen LogP contribution in [0.4, 0.5) is 5.13 Å². The van der Waals surface area contributed by atoms with Gasteiger partial charge in [-0.3, -0.25) is 0 Å². The molecule has 2 aromatic rings. The predicted octanol–water partition coefficient (Wildman–Crippen LogP) is 3.25. The molecule has 0 aliphatic rings. The van der Waals surface area contributed by atoms with E-state index in [0.29, 0.717) is 0 Å². The summed E-state index contributed by atoms with van der Waals surface area (Å²) in [7, 11) is 4.16. The zero-order valence-electron chi connectivity index (χ0n) is 11.1. The summed E-state index contributed by atoms with van der Waals surface area (Å²) in [5.74, 6) is 0. The Bertz CT molecular complexity index is 496. The number of aromatic nitrogens is 1. The molecule has 100 valence electrons. The van der Waals surface area contributed by atoms with Gasteiger partial charge < -0.3 is 10.2 Å². The maximum Gasteiger partial charge on any atom is 0.183 e. The lowest BCUT2D eigenvalue weighted by Crippen LogP contribution is -2.20. The number of aryl methyl sites for hydroxylation is 1. The fourth-order valence-corrected chi connectivity index (χ4v) is 2.69. The number of likely N-dealkylation sites (N-methyl/N-ethyl adjacent to an activating group) is 1. The number of hydrogen-bond acceptors (Lipinski definition) is 4. The topological polar surface area (TPSA) is 28.2 Å². The van der Waals surface area contributed by atoms with E-state index in [1.54, 1.807) is 11.3 Å². The molecule has 2 rings (SSSR count). The largest absolute Gasteiger partial charge is 0.360 e. The molecule has 1 aromatic heterocycles. The van der Waals surface area contributed by atoms with Gasteiger partial charge in [0, 0.05) is 13.1 Å². The number of anilines is 1. The van der Waals surface area contributed by atoms with E-state index >= 15 is 0 Å². The van der Waals surface area contributed by atoms with Crippen molar-refractivity contribution in [2.24, 2.45) is 0 Å². The molecule has 0 saturated carbocycles. The second-order valence-corrected chi connectivity index (χ2v) is 5.40. The Balaban J connectivity index is 0.00000162. The smallest absolute Gasteiger partial charge is 0.183 e. The Morgan fingerprint density at radius 2 is 2.11 bits per heavy atom. The van der Waals surface area contributed by atoms with E-state index < -0.39 is 0 Å². The minimum Gasteiger partial charge on any atom is -0.360 e. The van der Waals surface area contributed by atoms with Crippen LogP contribution in [0.2, 0.25) is 0 Å². The summed E-state index contributed by atoms with van der Waals surface area (Å²) in [6.45, 7) is 4.14. The predicted molar refractivity (Wildman–Crippen MR) is 83.3 cm³/mol. The van der Waals surface area contributed by atoms with Crippen LogP contribution in [0.1, 0.15) is 12.5 Å². The molecule has 1 heterocycles. The lowest BCUT2D eigenvalue weighted by molar-refractivity contribution is 0.425. The molecule has 0 amide bonds. The first kappa shape index (κ1) is 15.2. The molecular weight excluding hydrogens is 266 g/mol. The summed E-state index contributed by atoms with van der Waals surface area (Å²) in [5.41, 5.74) is 2.49. The van der Waals surface area contributed by atoms with Gasteiger partial charge in [-0.15, -0.1) is 12.4 Å². The molecule has 0 aliphatic carbocycles. The average Bonchev–Trinajstić information content (AvgIpc) is 2.70. The molecule has 0 fully saturated rings. The molecule has 0 radical (unpaired) electrons. The van der Waals surface area contributed by atoms with Crippen LogP contribution in [0.3, 0.4) is 0 Å². The van der Waals surface area contributed by atoms with E-state index in [0.717, 1.165) is 30.2 Å². The van der Waals surface area contributed by atoms with Crippen LogP contribution >= 0.6 is 23.7 Å². The molecular formula is C13H20ClN3S. The molecule has 0 spiro atoms. The standard InChI is InChI=1S/C13H19N3S.ClH/c1-4-10-6-5-7-11-12(10)15-13(17-11)14-8-9-16(2)3;/h5-7H,4,8-9H2,1-3H3,(H,14,15);1H. The van der Waals surface area contributed by atoms with Gasteiger partial charge in [0.2, 0.25) is 0 Å². The van der Waals surface area contributed by atoms with Crippen molar-refractivity contribution in [2.45, 2.75) is 13.3 Å². The van der Waals surface area contributed by atoms with Gasteiger partial charge in [0.05, 0.1) is 10.2 Å². The Hall–Kier alpha value is -0.840. The highest BCUT2D eigenvalue weighted by molar-refractivity contribution is 7.22. The van der Waals surface area contributed by atoms with Crippen molar-refractivity contribution < 1.29 is 0 Å². The van der Waals surface area contributed by atoms with Gasteiger partial charge in [-0.2, -0.15) is 0 Å². The van der Waals surface area contributed by atoms with Crippen LogP contribution in [0.5, 0.6) is 0 Å². The van der Waals surface area contributed by atoms with Gasteiger partial charge in [-0.05, 0) is 32.1 Å². The number of nitrogens with one attached hydrogen (secondary N) is 1. The third-order valence-corrected chi connectivity index (χ3v) is 3.70. The van der Waals surface area contributed by atoms with Gasteiger partial charge >= 0.3 is 0 Å². The Morgan fingerprint density at radius 3 is 2.78 bits per heavy atom. The lowest BCUT2D eigenvalue weighted by Gasteiger charge is -2.08. The number of para-hydroxylation sites is 1. The van der Waals surface area contributed by atoms with Gasteiger partial charge in [0.15, 0.2) is 5.13 Å². The number of thiazole rings is 1. The maximum atomic E-state index is 4.67. The van der Waals surface area contributed by atoms with Crippen LogP contribution in [-0.4, -0.2) is 37.1 Å². The molecule has 0 atom stereocenters. The van der Waals surface area contributed by atoms with Crippen molar-refractivity contribution in [1.29, 1.82) is 0 Å². The number of halogens is 1. The molecule has 3 nitrogen and oxygen atoms in total. The average molecular weight is 286 g/mol. The summed E-state index contributed by atoms with van der Waals surface area (Å²) in [4.78, 5) is 6.83. The van der Waals surface area contributed by atoms with Crippen LogP contribution in [0, 0.1) is 0 Å². The first-order chi connectivity index (χ1) is 8.20. The van der Waals surface area contributed by atoms with E-state index in [4.69, 9.17) is 0 Å². The normalized spacial score (nSPS) is 10.7. The number of hydrogen-bond donors (Lipinski definition) is 1. The van der Waals surface area contributed by atoms with E-state index in [2.05, 4.69) is 54.4 Å². The zero-order chi connectivity index (χ0) is 12.3. The number of fused-ring (bicyclic) bond motifs is 1. The minimum atomic E-state index is 0. The molecule has 18 heavy (non-hydrogen) atoms. The molecule has 0 bridgehead atoms. The molecule has 5 heteroatoms. The Kier molecular flexibility index (Phi) is 5.85. The van der Waals surface area contributed by atoms with Gasteiger partial charge in [-0.25, -0.2) is 4.98 Å². The summed E-state index contributed by atoms with van der Waals surface area (Å²) in [6.07, 6.45) is 1.04. The van der Waals surface area contributed by atoms with Gasteiger partial charge in [-0.1, -0.05) is 30.4 Å². The van der Waals surface area contributed by atoms with Crippen molar-refractivity contribution in [1.82, 2.24) is 9.88 Å². The molecule has 0 aliphatic heterocycles. The fourth-order valence-electron chi connectivity index (χ4n) is 1.75. The van der Waals surface area contributed by atoms with E-state index in [-0.39, 0.29) is 12.4 Å². The quantitative estimate of drug-likeness (QED) is 0.914. The van der Waals surface area contributed by atoms with Crippen molar-refractivity contribution >= 4 is 39.1 Å². The van der Waals surface area contributed by atoms with Crippen LogP contribution in [-0.2, 0) is 6.42 Å². The highest BCUT2D eigenvalue weighted by atomic mass is 35.5. The van der Waals surface area contributed by atoms with E-state index in [1.165, 1.54) is 10.3 Å². The summed E-state index contributed by atoms with van der Waals surface area (Å²) < 4.78 is 1.27. The van der Waals surface area contributed by atoms with Crippen LogP contribution in [0.15, 0.2) is 18.2 Å². The van der Waals surface area contributed by atoms with Crippen molar-refractivity contribution in [3.8, 4) is 0 Å². The lowest BCUT2D eigenvalue weighted by atomic mass is 10.1. The van der Waals surface area contributed by atoms with Crippen LogP contribution in [0.25, 0.3) is 10.2 Å². The summed E-state index contributed by atoms with van der Waals surface area (Å²) in [6, 6.07) is 6.41. The van der Waals surface area contributed by atoms with Gasteiger partial charge in [0.25, 0.3) is 0 Å². The summed E-state index contributed by atoms with van der Waals surface area (Å²) >= 11 is 1.74. The molecule has 0 unspecified atom stereocenters. The monoisotopic (exact) mass is 285 g/mol. The van der Waals surface area contributed by atoms with E-state index in [9.17, 15) is 0 Å². The Labute approximate surface area is 119 Å². The third-order valence-electron chi connectivity index (χ3n) is 2.72. The third kappa shape index (κ3) is 3.57. The second-order valence-electron chi connectivity index (χ2n) is 4.37. The number of nitrogens with zero attached hydrogens (tertiary/aromatic N) is 2. The van der Waals surface area contributed by atoms with E-state index in [1.807, 2.05) is 0 Å². The number of rotatable bonds is 5. The first-order valence-corrected chi connectivity index (χ1v) is 6.79. The highest BCUT2D eigenvalue weighted by Crippen LogP contribution is 2.28.